The maximum absolute atomic E-state index is 14.1. The van der Waals surface area contributed by atoms with E-state index in [1.807, 2.05) is 0 Å². The van der Waals surface area contributed by atoms with Gasteiger partial charge >= 0.3 is 6.18 Å². The van der Waals surface area contributed by atoms with Crippen molar-refractivity contribution in [2.45, 2.75) is 56.8 Å². The molecule has 1 aliphatic rings. The molecular formula is C32H31F4N3O4S2. The average Bonchev–Trinajstić information content (AvgIpc) is 3.59. The van der Waals surface area contributed by atoms with Crippen molar-refractivity contribution in [3.63, 3.8) is 0 Å². The molecule has 4 aromatic rings. The lowest BCUT2D eigenvalue weighted by Crippen LogP contribution is -2.25. The molecule has 3 aromatic carbocycles. The zero-order chi connectivity index (χ0) is 32.6. The number of alkyl halides is 4. The van der Waals surface area contributed by atoms with Crippen molar-refractivity contribution in [1.82, 2.24) is 4.98 Å². The molecule has 0 atom stereocenters. The summed E-state index contributed by atoms with van der Waals surface area (Å²) in [6.45, 7) is 6.67. The van der Waals surface area contributed by atoms with Crippen LogP contribution in [0.3, 0.4) is 0 Å². The number of benzene rings is 3. The second-order valence-electron chi connectivity index (χ2n) is 12.0. The third-order valence-electron chi connectivity index (χ3n) is 7.05. The lowest BCUT2D eigenvalue weighted by molar-refractivity contribution is -0.137. The predicted octanol–water partition coefficient (Wildman–Crippen LogP) is 8.55. The normalized spacial score (nSPS) is 14.6. The van der Waals surface area contributed by atoms with Gasteiger partial charge in [0.15, 0.2) is 10.8 Å². The van der Waals surface area contributed by atoms with Gasteiger partial charge in [0.25, 0.3) is 15.9 Å². The molecule has 0 radical (unpaired) electrons. The molecule has 238 valence electrons. The van der Waals surface area contributed by atoms with Crippen LogP contribution in [0.25, 0.3) is 21.7 Å². The first-order valence-electron chi connectivity index (χ1n) is 14.1. The van der Waals surface area contributed by atoms with Crippen molar-refractivity contribution in [3.8, 4) is 27.4 Å². The van der Waals surface area contributed by atoms with E-state index in [1.54, 1.807) is 24.3 Å². The van der Waals surface area contributed by atoms with Crippen LogP contribution in [0.15, 0.2) is 77.7 Å². The van der Waals surface area contributed by atoms with Gasteiger partial charge < -0.3 is 10.1 Å². The molecule has 2 N–H and O–H groups in total. The summed E-state index contributed by atoms with van der Waals surface area (Å²) in [5.74, 6) is -0.352. The van der Waals surface area contributed by atoms with Gasteiger partial charge in [-0.05, 0) is 66.6 Å². The van der Waals surface area contributed by atoms with E-state index >= 15 is 0 Å². The minimum atomic E-state index is -4.70. The van der Waals surface area contributed by atoms with Gasteiger partial charge in [-0.15, -0.1) is 0 Å². The Hall–Kier alpha value is -3.97. The van der Waals surface area contributed by atoms with Gasteiger partial charge in [0.1, 0.15) is 5.75 Å². The van der Waals surface area contributed by atoms with Gasteiger partial charge in [-0.2, -0.15) is 13.2 Å². The zero-order valence-electron chi connectivity index (χ0n) is 24.7. The molecule has 45 heavy (non-hydrogen) atoms. The highest BCUT2D eigenvalue weighted by molar-refractivity contribution is 7.93. The highest BCUT2D eigenvalue weighted by atomic mass is 32.2. The predicted molar refractivity (Wildman–Crippen MR) is 167 cm³/mol. The summed E-state index contributed by atoms with van der Waals surface area (Å²) in [6.07, 6.45) is -3.74. The van der Waals surface area contributed by atoms with Crippen molar-refractivity contribution in [2.24, 2.45) is 5.41 Å². The van der Waals surface area contributed by atoms with E-state index in [9.17, 15) is 30.8 Å². The van der Waals surface area contributed by atoms with Gasteiger partial charge in [-0.25, -0.2) is 17.8 Å². The Morgan fingerprint density at radius 1 is 1.00 bits per heavy atom. The van der Waals surface area contributed by atoms with E-state index < -0.39 is 33.3 Å². The SMILES string of the molecule is CC(C)(C)CCOc1cccc(-c2sc(NS(=O)(=O)c3cccc(NC(=O)C4(F)CC4)c3)nc2-c2ccccc2C(F)(F)F)c1. The number of amides is 1. The summed E-state index contributed by atoms with van der Waals surface area (Å²) >= 11 is 0.868. The molecule has 0 aliphatic heterocycles. The molecule has 0 bridgehead atoms. The van der Waals surface area contributed by atoms with Crippen LogP contribution >= 0.6 is 11.3 Å². The molecule has 1 aromatic heterocycles. The minimum Gasteiger partial charge on any atom is -0.494 e. The van der Waals surface area contributed by atoms with Gasteiger partial charge in [0, 0.05) is 11.3 Å². The summed E-state index contributed by atoms with van der Waals surface area (Å²) in [5, 5.41) is 2.21. The molecule has 5 rings (SSSR count). The third-order valence-corrected chi connectivity index (χ3v) is 9.54. The summed E-state index contributed by atoms with van der Waals surface area (Å²) in [6, 6.07) is 17.0. The molecule has 7 nitrogen and oxygen atoms in total. The van der Waals surface area contributed by atoms with Crippen LogP contribution in [-0.4, -0.2) is 31.6 Å². The summed E-state index contributed by atoms with van der Waals surface area (Å²) in [7, 11) is -4.33. The molecule has 1 saturated carbocycles. The molecule has 0 unspecified atom stereocenters. The smallest absolute Gasteiger partial charge is 0.417 e. The number of sulfonamides is 1. The summed E-state index contributed by atoms with van der Waals surface area (Å²) in [5.41, 5.74) is -2.55. The van der Waals surface area contributed by atoms with E-state index in [-0.39, 0.29) is 45.2 Å². The van der Waals surface area contributed by atoms with Crippen molar-refractivity contribution < 1.29 is 35.5 Å². The second kappa shape index (κ2) is 12.1. The number of rotatable bonds is 10. The first kappa shape index (κ1) is 32.4. The number of thiazole rings is 1. The number of halogens is 4. The van der Waals surface area contributed by atoms with Gasteiger partial charge in [0.2, 0.25) is 0 Å². The number of aromatic nitrogens is 1. The number of carbonyl (C=O) groups excluding carboxylic acids is 1. The van der Waals surface area contributed by atoms with E-state index in [0.717, 1.165) is 23.8 Å². The number of nitrogens with zero attached hydrogens (tertiary/aromatic N) is 1. The highest BCUT2D eigenvalue weighted by Crippen LogP contribution is 2.45. The summed E-state index contributed by atoms with van der Waals surface area (Å²) < 4.78 is 91.4. The molecule has 1 fully saturated rings. The average molecular weight is 662 g/mol. The molecule has 0 spiro atoms. The van der Waals surface area contributed by atoms with E-state index in [4.69, 9.17) is 4.74 Å². The number of hydrogen-bond donors (Lipinski definition) is 2. The molecular weight excluding hydrogens is 630 g/mol. The first-order chi connectivity index (χ1) is 21.0. The lowest BCUT2D eigenvalue weighted by atomic mass is 9.93. The number of carbonyl (C=O) groups is 1. The maximum Gasteiger partial charge on any atom is 0.417 e. The third kappa shape index (κ3) is 7.82. The van der Waals surface area contributed by atoms with E-state index in [0.29, 0.717) is 22.8 Å². The maximum atomic E-state index is 14.1. The Morgan fingerprint density at radius 3 is 2.40 bits per heavy atom. The largest absolute Gasteiger partial charge is 0.494 e. The standard InChI is InChI=1S/C32H31F4N3O4S2/c1-30(2,3)16-17-43-22-10-6-8-20(18-22)27-26(24-12-4-5-13-25(24)32(34,35)36)38-29(44-27)39-45(41,42)23-11-7-9-21(19-23)37-28(40)31(33)14-15-31/h4-13,18-19H,14-17H2,1-3H3,(H,37,40)(H,38,39). The fraction of sp³-hybridized carbons (Fsp3) is 0.312. The van der Waals surface area contributed by atoms with E-state index in [2.05, 4.69) is 35.8 Å². The quantitative estimate of drug-likeness (QED) is 0.166. The lowest BCUT2D eigenvalue weighted by Gasteiger charge is -2.18. The molecule has 1 amide bonds. The van der Waals surface area contributed by atoms with Crippen LogP contribution in [0, 0.1) is 5.41 Å². The topological polar surface area (TPSA) is 97.4 Å². The number of anilines is 2. The van der Waals surface area contributed by atoms with Gasteiger partial charge in [-0.3, -0.25) is 9.52 Å². The van der Waals surface area contributed by atoms with Gasteiger partial charge in [0.05, 0.1) is 27.6 Å². The van der Waals surface area contributed by atoms with Crippen molar-refractivity contribution in [2.75, 3.05) is 16.6 Å². The van der Waals surface area contributed by atoms with Gasteiger partial charge in [-0.1, -0.05) is 68.5 Å². The Morgan fingerprint density at radius 2 is 1.71 bits per heavy atom. The van der Waals surface area contributed by atoms with Crippen molar-refractivity contribution in [1.29, 1.82) is 0 Å². The summed E-state index contributed by atoms with van der Waals surface area (Å²) in [4.78, 5) is 16.5. The Balaban J connectivity index is 1.51. The van der Waals surface area contributed by atoms with Crippen LogP contribution < -0.4 is 14.8 Å². The Labute approximate surface area is 262 Å². The number of hydrogen-bond acceptors (Lipinski definition) is 6. The Bertz CT molecular complexity index is 1830. The van der Waals surface area contributed by atoms with Crippen LogP contribution in [-0.2, 0) is 21.0 Å². The highest BCUT2D eigenvalue weighted by Gasteiger charge is 2.50. The van der Waals surface area contributed by atoms with Crippen molar-refractivity contribution >= 4 is 38.1 Å². The van der Waals surface area contributed by atoms with Crippen LogP contribution in [0.1, 0.15) is 45.6 Å². The molecule has 0 saturated heterocycles. The second-order valence-corrected chi connectivity index (χ2v) is 14.7. The van der Waals surface area contributed by atoms with Crippen LogP contribution in [0.4, 0.5) is 28.4 Å². The Kier molecular flexibility index (Phi) is 8.71. The number of ether oxygens (including phenoxy) is 1. The molecule has 13 heteroatoms. The monoisotopic (exact) mass is 661 g/mol. The molecule has 1 aliphatic carbocycles. The van der Waals surface area contributed by atoms with Crippen LogP contribution in [0.2, 0.25) is 0 Å². The fourth-order valence-electron chi connectivity index (χ4n) is 4.38. The number of nitrogens with one attached hydrogen (secondary N) is 2. The van der Waals surface area contributed by atoms with E-state index in [1.165, 1.54) is 42.5 Å². The first-order valence-corrected chi connectivity index (χ1v) is 16.4. The fourth-order valence-corrected chi connectivity index (χ4v) is 6.63. The minimum absolute atomic E-state index is 0.0353. The zero-order valence-corrected chi connectivity index (χ0v) is 26.3. The van der Waals surface area contributed by atoms with Crippen LogP contribution in [0.5, 0.6) is 5.75 Å². The van der Waals surface area contributed by atoms with Crippen molar-refractivity contribution in [3.05, 3.63) is 78.4 Å². The molecule has 1 heterocycles.